The van der Waals surface area contributed by atoms with E-state index in [1.165, 1.54) is 18.5 Å². The van der Waals surface area contributed by atoms with Crippen molar-refractivity contribution in [2.24, 2.45) is 7.05 Å². The van der Waals surface area contributed by atoms with Crippen molar-refractivity contribution < 1.29 is 13.5 Å². The van der Waals surface area contributed by atoms with Crippen LogP contribution in [0.1, 0.15) is 17.5 Å². The zero-order valence-corrected chi connectivity index (χ0v) is 11.5. The Labute approximate surface area is 111 Å². The van der Waals surface area contributed by atoms with Crippen molar-refractivity contribution in [2.45, 2.75) is 17.4 Å². The molecule has 1 atom stereocenters. The molecule has 0 radical (unpaired) electrons. The number of sulfone groups is 1. The number of rotatable bonds is 4. The third kappa shape index (κ3) is 3.18. The summed E-state index contributed by atoms with van der Waals surface area (Å²) in [5.74, 6) is 0.666. The molecule has 0 amide bonds. The maximum Gasteiger partial charge on any atom is 0.175 e. The first-order valence-electron chi connectivity index (χ1n) is 5.69. The van der Waals surface area contributed by atoms with Crippen LogP contribution in [0.25, 0.3) is 0 Å². The van der Waals surface area contributed by atoms with Crippen LogP contribution in [0.3, 0.4) is 0 Å². The highest BCUT2D eigenvalue weighted by molar-refractivity contribution is 7.90. The number of aliphatic hydroxyl groups is 1. The molecule has 2 rings (SSSR count). The number of benzene rings is 1. The summed E-state index contributed by atoms with van der Waals surface area (Å²) < 4.78 is 24.3. The molecule has 0 aliphatic carbocycles. The van der Waals surface area contributed by atoms with Gasteiger partial charge in [0.15, 0.2) is 9.84 Å². The standard InChI is InChI=1S/C12H15N3O3S/c1-15-12(13-8-14-15)7-11(16)9-3-5-10(6-4-9)19(2,17)18/h3-6,8,11,16H,7H2,1-2H3. The Hall–Kier alpha value is -1.73. The van der Waals surface area contributed by atoms with Crippen LogP contribution in [-0.2, 0) is 23.3 Å². The lowest BCUT2D eigenvalue weighted by Gasteiger charge is -2.10. The highest BCUT2D eigenvalue weighted by atomic mass is 32.2. The Balaban J connectivity index is 2.16. The topological polar surface area (TPSA) is 85.1 Å². The van der Waals surface area contributed by atoms with Crippen molar-refractivity contribution >= 4 is 9.84 Å². The minimum Gasteiger partial charge on any atom is -0.388 e. The molecule has 0 bridgehead atoms. The van der Waals surface area contributed by atoms with E-state index in [1.807, 2.05) is 0 Å². The van der Waals surface area contributed by atoms with Crippen LogP contribution in [0.4, 0.5) is 0 Å². The molecule has 1 heterocycles. The summed E-state index contributed by atoms with van der Waals surface area (Å²) in [6.07, 6.45) is 2.16. The van der Waals surface area contributed by atoms with Gasteiger partial charge in [0.05, 0.1) is 11.0 Å². The molecule has 2 aromatic rings. The molecule has 7 heteroatoms. The highest BCUT2D eigenvalue weighted by Crippen LogP contribution is 2.19. The molecular weight excluding hydrogens is 266 g/mol. The second kappa shape index (κ2) is 5.10. The summed E-state index contributed by atoms with van der Waals surface area (Å²) in [7, 11) is -1.46. The van der Waals surface area contributed by atoms with Crippen molar-refractivity contribution in [3.05, 3.63) is 42.0 Å². The molecule has 0 aliphatic heterocycles. The van der Waals surface area contributed by atoms with Gasteiger partial charge in [0.2, 0.25) is 0 Å². The normalized spacial score (nSPS) is 13.4. The molecule has 0 saturated carbocycles. The van der Waals surface area contributed by atoms with Crippen LogP contribution < -0.4 is 0 Å². The second-order valence-corrected chi connectivity index (χ2v) is 6.38. The average Bonchev–Trinajstić information content (AvgIpc) is 2.74. The predicted molar refractivity (Wildman–Crippen MR) is 69.2 cm³/mol. The maximum atomic E-state index is 11.3. The summed E-state index contributed by atoms with van der Waals surface area (Å²) in [6, 6.07) is 6.20. The maximum absolute atomic E-state index is 11.3. The quantitative estimate of drug-likeness (QED) is 0.882. The van der Waals surface area contributed by atoms with Gasteiger partial charge in [0.25, 0.3) is 0 Å². The van der Waals surface area contributed by atoms with E-state index in [0.717, 1.165) is 6.26 Å². The van der Waals surface area contributed by atoms with Gasteiger partial charge in [-0.2, -0.15) is 5.10 Å². The van der Waals surface area contributed by atoms with Crippen molar-refractivity contribution in [3.63, 3.8) is 0 Å². The van der Waals surface area contributed by atoms with Gasteiger partial charge >= 0.3 is 0 Å². The van der Waals surface area contributed by atoms with Crippen LogP contribution in [0.5, 0.6) is 0 Å². The van der Waals surface area contributed by atoms with Crippen LogP contribution in [0, 0.1) is 0 Å². The molecule has 19 heavy (non-hydrogen) atoms. The van der Waals surface area contributed by atoms with E-state index >= 15 is 0 Å². The van der Waals surface area contributed by atoms with Crippen molar-refractivity contribution in [2.75, 3.05) is 6.26 Å². The fourth-order valence-electron chi connectivity index (χ4n) is 1.73. The van der Waals surface area contributed by atoms with Gasteiger partial charge < -0.3 is 5.11 Å². The summed E-state index contributed by atoms with van der Waals surface area (Å²) >= 11 is 0. The molecule has 1 aromatic heterocycles. The molecule has 1 aromatic carbocycles. The Bertz CT molecular complexity index is 662. The Kier molecular flexibility index (Phi) is 3.68. The average molecular weight is 281 g/mol. The van der Waals surface area contributed by atoms with E-state index in [4.69, 9.17) is 0 Å². The summed E-state index contributed by atoms with van der Waals surface area (Å²) in [6.45, 7) is 0. The van der Waals surface area contributed by atoms with E-state index in [1.54, 1.807) is 23.9 Å². The van der Waals surface area contributed by atoms with Crippen LogP contribution >= 0.6 is 0 Å². The van der Waals surface area contributed by atoms with Crippen molar-refractivity contribution in [3.8, 4) is 0 Å². The van der Waals surface area contributed by atoms with Gasteiger partial charge in [0, 0.05) is 19.7 Å². The first-order chi connectivity index (χ1) is 8.88. The number of aliphatic hydroxyl groups excluding tert-OH is 1. The summed E-state index contributed by atoms with van der Waals surface area (Å²) in [5, 5.41) is 14.0. The highest BCUT2D eigenvalue weighted by Gasteiger charge is 2.13. The molecule has 102 valence electrons. The minimum absolute atomic E-state index is 0.238. The smallest absolute Gasteiger partial charge is 0.175 e. The third-order valence-corrected chi connectivity index (χ3v) is 4.00. The molecule has 0 saturated heterocycles. The monoisotopic (exact) mass is 281 g/mol. The second-order valence-electron chi connectivity index (χ2n) is 4.36. The fourth-order valence-corrected chi connectivity index (χ4v) is 2.36. The molecule has 0 aliphatic rings. The lowest BCUT2D eigenvalue weighted by molar-refractivity contribution is 0.174. The molecule has 6 nitrogen and oxygen atoms in total. The number of aryl methyl sites for hydroxylation is 1. The van der Waals surface area contributed by atoms with Gasteiger partial charge in [-0.3, -0.25) is 4.68 Å². The van der Waals surface area contributed by atoms with Gasteiger partial charge in [0.1, 0.15) is 12.2 Å². The fraction of sp³-hybridized carbons (Fsp3) is 0.333. The first kappa shape index (κ1) is 13.7. The molecular formula is C12H15N3O3S. The van der Waals surface area contributed by atoms with Gasteiger partial charge in [-0.15, -0.1) is 0 Å². The predicted octanol–water partition coefficient (Wildman–Crippen LogP) is 0.495. The zero-order valence-electron chi connectivity index (χ0n) is 10.7. The van der Waals surface area contributed by atoms with Crippen LogP contribution in [-0.4, -0.2) is 34.5 Å². The van der Waals surface area contributed by atoms with Gasteiger partial charge in [-0.1, -0.05) is 12.1 Å². The van der Waals surface area contributed by atoms with Gasteiger partial charge in [-0.05, 0) is 17.7 Å². The summed E-state index contributed by atoms with van der Waals surface area (Å²) in [4.78, 5) is 4.27. The van der Waals surface area contributed by atoms with Crippen molar-refractivity contribution in [1.82, 2.24) is 14.8 Å². The molecule has 1 N–H and O–H groups in total. The van der Waals surface area contributed by atoms with Gasteiger partial charge in [-0.25, -0.2) is 13.4 Å². The Morgan fingerprint density at radius 1 is 1.32 bits per heavy atom. The number of aromatic nitrogens is 3. The van der Waals surface area contributed by atoms with E-state index in [-0.39, 0.29) is 4.90 Å². The molecule has 1 unspecified atom stereocenters. The molecule has 0 spiro atoms. The van der Waals surface area contributed by atoms with E-state index in [9.17, 15) is 13.5 Å². The van der Waals surface area contributed by atoms with Crippen molar-refractivity contribution in [1.29, 1.82) is 0 Å². The van der Waals surface area contributed by atoms with E-state index < -0.39 is 15.9 Å². The molecule has 0 fully saturated rings. The summed E-state index contributed by atoms with van der Waals surface area (Å²) in [5.41, 5.74) is 0.649. The SMILES string of the molecule is Cn1ncnc1CC(O)c1ccc(S(C)(=O)=O)cc1. The number of hydrogen-bond acceptors (Lipinski definition) is 5. The van der Waals surface area contributed by atoms with Crippen LogP contribution in [0.2, 0.25) is 0 Å². The van der Waals surface area contributed by atoms with Crippen LogP contribution in [0.15, 0.2) is 35.5 Å². The van der Waals surface area contributed by atoms with E-state index in [2.05, 4.69) is 10.1 Å². The largest absolute Gasteiger partial charge is 0.388 e. The number of hydrogen-bond donors (Lipinski definition) is 1. The Morgan fingerprint density at radius 2 is 1.95 bits per heavy atom. The first-order valence-corrected chi connectivity index (χ1v) is 7.58. The minimum atomic E-state index is -3.21. The Morgan fingerprint density at radius 3 is 2.42 bits per heavy atom. The lowest BCUT2D eigenvalue weighted by Crippen LogP contribution is -2.08. The number of nitrogens with zero attached hydrogens (tertiary/aromatic N) is 3. The zero-order chi connectivity index (χ0) is 14.0. The van der Waals surface area contributed by atoms with E-state index in [0.29, 0.717) is 17.8 Å². The third-order valence-electron chi connectivity index (χ3n) is 2.87. The lowest BCUT2D eigenvalue weighted by atomic mass is 10.1.